The fourth-order valence-corrected chi connectivity index (χ4v) is 3.13. The first kappa shape index (κ1) is 14.5. The summed E-state index contributed by atoms with van der Waals surface area (Å²) in [4.78, 5) is 18.6. The highest BCUT2D eigenvalue weighted by Crippen LogP contribution is 2.34. The summed E-state index contributed by atoms with van der Waals surface area (Å²) in [7, 11) is 1.60. The predicted octanol–water partition coefficient (Wildman–Crippen LogP) is 4.13. The van der Waals surface area contributed by atoms with E-state index in [0.717, 1.165) is 22.2 Å². The number of hydrogen-bond donors (Lipinski definition) is 2. The first-order valence-electron chi connectivity index (χ1n) is 7.56. The van der Waals surface area contributed by atoms with Gasteiger partial charge in [-0.15, -0.1) is 0 Å². The van der Waals surface area contributed by atoms with Crippen LogP contribution in [0.15, 0.2) is 47.3 Å². The van der Waals surface area contributed by atoms with Crippen LogP contribution < -0.4 is 10.3 Å². The van der Waals surface area contributed by atoms with Gasteiger partial charge in [0.05, 0.1) is 18.1 Å². The van der Waals surface area contributed by atoms with Crippen LogP contribution in [0.1, 0.15) is 5.56 Å². The summed E-state index contributed by atoms with van der Waals surface area (Å²) in [6.07, 6.45) is 0. The van der Waals surface area contributed by atoms with Gasteiger partial charge in [-0.1, -0.05) is 12.1 Å². The van der Waals surface area contributed by atoms with Crippen molar-refractivity contribution in [3.63, 3.8) is 0 Å². The lowest BCUT2D eigenvalue weighted by atomic mass is 10.00. The number of hydrogen-bond acceptors (Lipinski definition) is 2. The maximum Gasteiger partial charge on any atom is 0.252 e. The molecular formula is C19H15FN2O2. The molecule has 0 bridgehead atoms. The smallest absolute Gasteiger partial charge is 0.252 e. The molecule has 0 saturated carbocycles. The molecule has 4 nitrogen and oxygen atoms in total. The standard InChI is InChI=1S/C19H15FN2O2/c1-10-16(11-4-3-5-13(8-11)24-2)18-17(22-19(10)23)14-9-12(20)6-7-15(14)21-18/h3-9,21H,1-2H3,(H,22,23). The molecule has 0 amide bonds. The number of fused-ring (bicyclic) bond motifs is 3. The number of aromatic nitrogens is 2. The number of pyridine rings is 1. The van der Waals surface area contributed by atoms with E-state index in [4.69, 9.17) is 4.74 Å². The number of nitrogens with one attached hydrogen (secondary N) is 2. The van der Waals surface area contributed by atoms with E-state index in [9.17, 15) is 9.18 Å². The first-order valence-corrected chi connectivity index (χ1v) is 7.56. The normalized spacial score (nSPS) is 11.3. The molecule has 0 atom stereocenters. The molecule has 2 N–H and O–H groups in total. The van der Waals surface area contributed by atoms with Crippen molar-refractivity contribution in [3.05, 3.63) is 64.2 Å². The summed E-state index contributed by atoms with van der Waals surface area (Å²) in [5.74, 6) is 0.371. The van der Waals surface area contributed by atoms with Crippen LogP contribution >= 0.6 is 0 Å². The largest absolute Gasteiger partial charge is 0.497 e. The van der Waals surface area contributed by atoms with E-state index in [1.165, 1.54) is 12.1 Å². The Kier molecular flexibility index (Phi) is 3.16. The molecule has 0 aliphatic heterocycles. The zero-order valence-electron chi connectivity index (χ0n) is 13.2. The molecule has 2 aromatic carbocycles. The maximum absolute atomic E-state index is 13.6. The molecule has 0 saturated heterocycles. The molecule has 0 fully saturated rings. The molecule has 4 rings (SSSR count). The summed E-state index contributed by atoms with van der Waals surface area (Å²) in [6, 6.07) is 12.0. The Balaban J connectivity index is 2.15. The zero-order chi connectivity index (χ0) is 16.8. The molecule has 0 aliphatic carbocycles. The molecule has 2 heterocycles. The summed E-state index contributed by atoms with van der Waals surface area (Å²) >= 11 is 0. The van der Waals surface area contributed by atoms with Crippen molar-refractivity contribution >= 4 is 21.9 Å². The number of ether oxygens (including phenoxy) is 1. The van der Waals surface area contributed by atoms with Gasteiger partial charge >= 0.3 is 0 Å². The van der Waals surface area contributed by atoms with Crippen LogP contribution in [-0.2, 0) is 0 Å². The summed E-state index contributed by atoms with van der Waals surface area (Å²) in [5, 5.41) is 0.659. The predicted molar refractivity (Wildman–Crippen MR) is 93.1 cm³/mol. The molecule has 0 radical (unpaired) electrons. The second-order valence-corrected chi connectivity index (χ2v) is 5.75. The molecule has 24 heavy (non-hydrogen) atoms. The minimum atomic E-state index is -0.340. The monoisotopic (exact) mass is 322 g/mol. The quantitative estimate of drug-likeness (QED) is 0.583. The van der Waals surface area contributed by atoms with Crippen LogP contribution in [0.2, 0.25) is 0 Å². The van der Waals surface area contributed by atoms with Crippen molar-refractivity contribution in [2.24, 2.45) is 0 Å². The van der Waals surface area contributed by atoms with Crippen LogP contribution in [0.25, 0.3) is 33.1 Å². The number of methoxy groups -OCH3 is 1. The molecule has 2 aromatic heterocycles. The molecular weight excluding hydrogens is 307 g/mol. The van der Waals surface area contributed by atoms with E-state index < -0.39 is 0 Å². The van der Waals surface area contributed by atoms with Crippen LogP contribution in [0, 0.1) is 12.7 Å². The fourth-order valence-electron chi connectivity index (χ4n) is 3.13. The summed E-state index contributed by atoms with van der Waals surface area (Å²) < 4.78 is 18.9. The number of H-pyrrole nitrogens is 2. The van der Waals surface area contributed by atoms with E-state index in [-0.39, 0.29) is 11.4 Å². The lowest BCUT2D eigenvalue weighted by Crippen LogP contribution is -2.10. The minimum Gasteiger partial charge on any atom is -0.497 e. The van der Waals surface area contributed by atoms with Gasteiger partial charge in [0.15, 0.2) is 0 Å². The van der Waals surface area contributed by atoms with Crippen molar-refractivity contribution < 1.29 is 9.13 Å². The highest BCUT2D eigenvalue weighted by molar-refractivity contribution is 6.10. The summed E-state index contributed by atoms with van der Waals surface area (Å²) in [5.41, 5.74) is 4.24. The van der Waals surface area contributed by atoms with Gasteiger partial charge in [-0.3, -0.25) is 4.79 Å². The number of benzene rings is 2. The SMILES string of the molecule is COc1cccc(-c2c(C)c(=O)[nH]c3c2[nH]c2ccc(F)cc23)c1. The Labute approximate surface area is 136 Å². The van der Waals surface area contributed by atoms with Gasteiger partial charge in [0.2, 0.25) is 0 Å². The third-order valence-corrected chi connectivity index (χ3v) is 4.32. The number of aromatic amines is 2. The topological polar surface area (TPSA) is 57.9 Å². The van der Waals surface area contributed by atoms with Gasteiger partial charge in [0, 0.05) is 22.0 Å². The summed E-state index contributed by atoms with van der Waals surface area (Å²) in [6.45, 7) is 1.78. The van der Waals surface area contributed by atoms with Crippen molar-refractivity contribution in [1.82, 2.24) is 9.97 Å². The van der Waals surface area contributed by atoms with Gasteiger partial charge < -0.3 is 14.7 Å². The van der Waals surface area contributed by atoms with E-state index in [1.807, 2.05) is 24.3 Å². The van der Waals surface area contributed by atoms with Crippen LogP contribution in [0.3, 0.4) is 0 Å². The third-order valence-electron chi connectivity index (χ3n) is 4.32. The number of halogens is 1. The van der Waals surface area contributed by atoms with Crippen molar-refractivity contribution in [3.8, 4) is 16.9 Å². The van der Waals surface area contributed by atoms with E-state index in [0.29, 0.717) is 22.2 Å². The van der Waals surface area contributed by atoms with Crippen molar-refractivity contribution in [2.45, 2.75) is 6.92 Å². The average Bonchev–Trinajstić information content (AvgIpc) is 2.93. The van der Waals surface area contributed by atoms with Crippen molar-refractivity contribution in [2.75, 3.05) is 7.11 Å². The molecule has 5 heteroatoms. The maximum atomic E-state index is 13.6. The molecule has 0 unspecified atom stereocenters. The Morgan fingerprint density at radius 3 is 2.67 bits per heavy atom. The average molecular weight is 322 g/mol. The van der Waals surface area contributed by atoms with Gasteiger partial charge in [0.25, 0.3) is 5.56 Å². The van der Waals surface area contributed by atoms with Crippen LogP contribution in [0.5, 0.6) is 5.75 Å². The molecule has 4 aromatic rings. The Morgan fingerprint density at radius 1 is 1.04 bits per heavy atom. The number of rotatable bonds is 2. The van der Waals surface area contributed by atoms with E-state index >= 15 is 0 Å². The lowest BCUT2D eigenvalue weighted by molar-refractivity contribution is 0.415. The van der Waals surface area contributed by atoms with Gasteiger partial charge in [-0.05, 0) is 42.8 Å². The Hall–Kier alpha value is -3.08. The van der Waals surface area contributed by atoms with E-state index in [1.54, 1.807) is 20.1 Å². The van der Waals surface area contributed by atoms with Gasteiger partial charge in [-0.2, -0.15) is 0 Å². The molecule has 120 valence electrons. The first-order chi connectivity index (χ1) is 11.6. The van der Waals surface area contributed by atoms with Crippen LogP contribution in [0.4, 0.5) is 4.39 Å². The van der Waals surface area contributed by atoms with Gasteiger partial charge in [-0.25, -0.2) is 4.39 Å². The second-order valence-electron chi connectivity index (χ2n) is 5.75. The third kappa shape index (κ3) is 2.09. The van der Waals surface area contributed by atoms with E-state index in [2.05, 4.69) is 9.97 Å². The zero-order valence-corrected chi connectivity index (χ0v) is 13.2. The minimum absolute atomic E-state index is 0.189. The Bertz CT molecular complexity index is 1140. The molecule has 0 spiro atoms. The van der Waals surface area contributed by atoms with Crippen molar-refractivity contribution in [1.29, 1.82) is 0 Å². The van der Waals surface area contributed by atoms with Gasteiger partial charge in [0.1, 0.15) is 11.6 Å². The van der Waals surface area contributed by atoms with Crippen LogP contribution in [-0.4, -0.2) is 17.1 Å². The molecule has 0 aliphatic rings. The second kappa shape index (κ2) is 5.23. The Morgan fingerprint density at radius 2 is 1.88 bits per heavy atom. The highest BCUT2D eigenvalue weighted by Gasteiger charge is 2.16. The lowest BCUT2D eigenvalue weighted by Gasteiger charge is -2.09. The highest BCUT2D eigenvalue weighted by atomic mass is 19.1. The fraction of sp³-hybridized carbons (Fsp3) is 0.105.